The van der Waals surface area contributed by atoms with Crippen LogP contribution in [0.3, 0.4) is 0 Å². The molecule has 0 aromatic heterocycles. The van der Waals surface area contributed by atoms with E-state index in [1.54, 1.807) is 0 Å². The van der Waals surface area contributed by atoms with Crippen molar-refractivity contribution in [2.24, 2.45) is 5.11 Å². The molecule has 0 heterocycles. The number of benzene rings is 1. The molecular weight excluding hydrogens is 238 g/mol. The molecule has 0 atom stereocenters. The molecule has 0 N–H and O–H groups in total. The first-order valence-corrected chi connectivity index (χ1v) is 4.63. The van der Waals surface area contributed by atoms with E-state index in [0.29, 0.717) is 0 Å². The molecule has 1 aromatic rings. The summed E-state index contributed by atoms with van der Waals surface area (Å²) in [5.74, 6) is -6.46. The minimum absolute atomic E-state index is 0.718. The molecule has 0 saturated carbocycles. The van der Waals surface area contributed by atoms with Gasteiger partial charge in [0.15, 0.2) is 23.3 Å². The Kier molecular flexibility index (Phi) is 3.33. The number of hydrogen-bond acceptors (Lipinski definition) is 1. The fraction of sp³-hybridized carbons (Fsp3) is 0.400. The van der Waals surface area contributed by atoms with Crippen LogP contribution in [0.4, 0.5) is 23.2 Å². The highest BCUT2D eigenvalue weighted by molar-refractivity contribution is 5.46. The Morgan fingerprint density at radius 1 is 0.941 bits per heavy atom. The molecule has 0 bridgehead atoms. The maximum atomic E-state index is 13.6. The molecule has 0 amide bonds. The van der Waals surface area contributed by atoms with Crippen molar-refractivity contribution in [1.29, 1.82) is 0 Å². The van der Waals surface area contributed by atoms with E-state index in [4.69, 9.17) is 5.53 Å². The van der Waals surface area contributed by atoms with Gasteiger partial charge in [0.25, 0.3) is 0 Å². The van der Waals surface area contributed by atoms with Gasteiger partial charge >= 0.3 is 0 Å². The lowest BCUT2D eigenvalue weighted by Gasteiger charge is -2.21. The molecule has 0 radical (unpaired) electrons. The van der Waals surface area contributed by atoms with Gasteiger partial charge in [0, 0.05) is 10.5 Å². The molecule has 0 unspecified atom stereocenters. The summed E-state index contributed by atoms with van der Waals surface area (Å²) in [5.41, 5.74) is 4.93. The third-order valence-electron chi connectivity index (χ3n) is 2.13. The Balaban J connectivity index is 3.77. The van der Waals surface area contributed by atoms with Crippen molar-refractivity contribution < 1.29 is 17.6 Å². The Hall–Kier alpha value is -1.75. The molecule has 0 spiro atoms. The van der Waals surface area contributed by atoms with Gasteiger partial charge in [0.1, 0.15) is 5.69 Å². The molecule has 1 aromatic carbocycles. The third kappa shape index (κ3) is 2.19. The zero-order chi connectivity index (χ0) is 13.4. The van der Waals surface area contributed by atoms with Gasteiger partial charge in [-0.15, -0.1) is 0 Å². The van der Waals surface area contributed by atoms with Crippen molar-refractivity contribution in [3.8, 4) is 0 Å². The quantitative estimate of drug-likeness (QED) is 0.231. The first-order valence-electron chi connectivity index (χ1n) is 4.63. The van der Waals surface area contributed by atoms with Crippen molar-refractivity contribution in [2.45, 2.75) is 26.2 Å². The summed E-state index contributed by atoms with van der Waals surface area (Å²) in [6.07, 6.45) is 0. The summed E-state index contributed by atoms with van der Waals surface area (Å²) in [4.78, 5) is 2.11. The molecule has 0 aliphatic heterocycles. The minimum Gasteiger partial charge on any atom is -0.203 e. The average Bonchev–Trinajstić information content (AvgIpc) is 2.20. The van der Waals surface area contributed by atoms with E-state index in [-0.39, 0.29) is 0 Å². The summed E-state index contributed by atoms with van der Waals surface area (Å²) >= 11 is 0. The second-order valence-corrected chi connectivity index (χ2v) is 4.42. The summed E-state index contributed by atoms with van der Waals surface area (Å²) in [6.45, 7) is 4.21. The molecule has 3 nitrogen and oxygen atoms in total. The number of nitrogens with zero attached hydrogens (tertiary/aromatic N) is 3. The van der Waals surface area contributed by atoms with E-state index in [0.717, 1.165) is 0 Å². The van der Waals surface area contributed by atoms with Crippen LogP contribution in [0.2, 0.25) is 0 Å². The lowest BCUT2D eigenvalue weighted by molar-refractivity contribution is 0.407. The van der Waals surface area contributed by atoms with Crippen molar-refractivity contribution >= 4 is 5.69 Å². The van der Waals surface area contributed by atoms with Gasteiger partial charge in [-0.2, -0.15) is 0 Å². The molecule has 7 heteroatoms. The van der Waals surface area contributed by atoms with Crippen molar-refractivity contribution in [1.82, 2.24) is 0 Å². The lowest BCUT2D eigenvalue weighted by atomic mass is 9.85. The normalized spacial score (nSPS) is 11.2. The van der Waals surface area contributed by atoms with Crippen LogP contribution in [-0.2, 0) is 5.41 Å². The number of halogens is 4. The molecule has 1 rings (SSSR count). The molecule has 17 heavy (non-hydrogen) atoms. The van der Waals surface area contributed by atoms with E-state index in [1.165, 1.54) is 20.8 Å². The highest BCUT2D eigenvalue weighted by Gasteiger charge is 2.31. The van der Waals surface area contributed by atoms with E-state index >= 15 is 0 Å². The largest absolute Gasteiger partial charge is 0.203 e. The monoisotopic (exact) mass is 247 g/mol. The predicted molar refractivity (Wildman–Crippen MR) is 53.8 cm³/mol. The van der Waals surface area contributed by atoms with Crippen LogP contribution in [0.1, 0.15) is 26.3 Å². The van der Waals surface area contributed by atoms with Gasteiger partial charge in [0.05, 0.1) is 0 Å². The van der Waals surface area contributed by atoms with Gasteiger partial charge in [0.2, 0.25) is 0 Å². The Morgan fingerprint density at radius 3 is 1.65 bits per heavy atom. The fourth-order valence-corrected chi connectivity index (χ4v) is 1.41. The SMILES string of the molecule is CC(C)(C)c1c(F)c(F)c(N=[N+]=[N-])c(F)c1F. The predicted octanol–water partition coefficient (Wildman–Crippen LogP) is 4.48. The molecule has 0 saturated heterocycles. The number of hydrogen-bond donors (Lipinski definition) is 0. The van der Waals surface area contributed by atoms with Crippen molar-refractivity contribution in [2.75, 3.05) is 0 Å². The minimum atomic E-state index is -1.69. The zero-order valence-electron chi connectivity index (χ0n) is 9.35. The van der Waals surface area contributed by atoms with E-state index < -0.39 is 39.9 Å². The van der Waals surface area contributed by atoms with Crippen LogP contribution in [0.15, 0.2) is 5.11 Å². The van der Waals surface area contributed by atoms with Crippen LogP contribution in [0.5, 0.6) is 0 Å². The topological polar surface area (TPSA) is 48.8 Å². The lowest BCUT2D eigenvalue weighted by Crippen LogP contribution is -2.18. The van der Waals surface area contributed by atoms with E-state index in [9.17, 15) is 17.6 Å². The highest BCUT2D eigenvalue weighted by atomic mass is 19.2. The van der Waals surface area contributed by atoms with E-state index in [1.807, 2.05) is 0 Å². The maximum Gasteiger partial charge on any atom is 0.171 e. The first-order chi connectivity index (χ1) is 7.71. The third-order valence-corrected chi connectivity index (χ3v) is 2.13. The Bertz CT molecular complexity index is 484. The Labute approximate surface area is 94.7 Å². The second kappa shape index (κ2) is 4.25. The molecule has 92 valence electrons. The average molecular weight is 247 g/mol. The van der Waals surface area contributed by atoms with Crippen LogP contribution in [0.25, 0.3) is 10.4 Å². The summed E-state index contributed by atoms with van der Waals surface area (Å²) in [7, 11) is 0. The van der Waals surface area contributed by atoms with Crippen molar-refractivity contribution in [3.63, 3.8) is 0 Å². The summed E-state index contributed by atoms with van der Waals surface area (Å²) in [6, 6.07) is 0. The van der Waals surface area contributed by atoms with Crippen LogP contribution >= 0.6 is 0 Å². The zero-order valence-corrected chi connectivity index (χ0v) is 9.35. The van der Waals surface area contributed by atoms with Gasteiger partial charge < -0.3 is 0 Å². The first kappa shape index (κ1) is 13.3. The van der Waals surface area contributed by atoms with Gasteiger partial charge in [-0.3, -0.25) is 0 Å². The van der Waals surface area contributed by atoms with Gasteiger partial charge in [-0.05, 0) is 10.9 Å². The fourth-order valence-electron chi connectivity index (χ4n) is 1.41. The maximum absolute atomic E-state index is 13.6. The highest BCUT2D eigenvalue weighted by Crippen LogP contribution is 2.36. The second-order valence-electron chi connectivity index (χ2n) is 4.42. The number of azide groups is 1. The molecule has 0 fully saturated rings. The standard InChI is InChI=1S/C10H9F4N3/c1-10(2,3)4-5(11)7(13)9(16-17-15)8(14)6(4)12/h1-3H3. The Morgan fingerprint density at radius 2 is 1.35 bits per heavy atom. The van der Waals surface area contributed by atoms with E-state index in [2.05, 4.69) is 10.0 Å². The van der Waals surface area contributed by atoms with Gasteiger partial charge in [-0.1, -0.05) is 25.9 Å². The van der Waals surface area contributed by atoms with Gasteiger partial charge in [-0.25, -0.2) is 17.6 Å². The van der Waals surface area contributed by atoms with Crippen LogP contribution in [0, 0.1) is 23.3 Å². The number of rotatable bonds is 1. The molecule has 0 aliphatic rings. The summed E-state index contributed by atoms with van der Waals surface area (Å²) in [5, 5.41) is 2.60. The molecular formula is C10H9F4N3. The van der Waals surface area contributed by atoms with Crippen LogP contribution in [-0.4, -0.2) is 0 Å². The van der Waals surface area contributed by atoms with Crippen LogP contribution < -0.4 is 0 Å². The summed E-state index contributed by atoms with van der Waals surface area (Å²) < 4.78 is 53.9. The van der Waals surface area contributed by atoms with Crippen molar-refractivity contribution in [3.05, 3.63) is 39.3 Å². The molecule has 0 aliphatic carbocycles. The smallest absolute Gasteiger partial charge is 0.171 e.